The molecule has 1 aromatic heterocycles. The van der Waals surface area contributed by atoms with Gasteiger partial charge in [-0.15, -0.1) is 11.3 Å². The normalized spacial score (nSPS) is 19.2. The molecule has 2 saturated carbocycles. The van der Waals surface area contributed by atoms with E-state index in [1.165, 1.54) is 87.3 Å². The molecule has 2 aliphatic carbocycles. The maximum absolute atomic E-state index is 13.2. The van der Waals surface area contributed by atoms with Gasteiger partial charge in [-0.3, -0.25) is 10.5 Å². The monoisotopic (exact) mass is 410 g/mol. The van der Waals surface area contributed by atoms with Gasteiger partial charge in [-0.05, 0) is 32.6 Å². The Labute approximate surface area is 170 Å². The van der Waals surface area contributed by atoms with E-state index in [0.29, 0.717) is 24.3 Å². The van der Waals surface area contributed by atoms with Crippen LogP contribution in [0.15, 0.2) is 4.34 Å². The van der Waals surface area contributed by atoms with Crippen LogP contribution in [0.5, 0.6) is 0 Å². The van der Waals surface area contributed by atoms with Gasteiger partial charge in [0.2, 0.25) is 5.91 Å². The van der Waals surface area contributed by atoms with Crippen LogP contribution in [0.2, 0.25) is 0 Å². The van der Waals surface area contributed by atoms with Crippen molar-refractivity contribution in [3.8, 4) is 0 Å². The van der Waals surface area contributed by atoms with Crippen LogP contribution in [0.3, 0.4) is 0 Å². The highest BCUT2D eigenvalue weighted by Crippen LogP contribution is 2.32. The first kappa shape index (κ1) is 20.8. The van der Waals surface area contributed by atoms with Crippen LogP contribution < -0.4 is 5.73 Å². The summed E-state index contributed by atoms with van der Waals surface area (Å²) >= 11 is 3.06. The summed E-state index contributed by atoms with van der Waals surface area (Å²) in [7, 11) is 0. The van der Waals surface area contributed by atoms with Crippen LogP contribution in [-0.4, -0.2) is 39.5 Å². The second-order valence-electron chi connectivity index (χ2n) is 7.88. The van der Waals surface area contributed by atoms with E-state index in [1.54, 1.807) is 0 Å². The van der Waals surface area contributed by atoms with E-state index in [0.717, 1.165) is 14.9 Å². The summed E-state index contributed by atoms with van der Waals surface area (Å²) in [6.45, 7) is 1.93. The van der Waals surface area contributed by atoms with Gasteiger partial charge in [-0.2, -0.15) is 0 Å². The van der Waals surface area contributed by atoms with Gasteiger partial charge in [0.05, 0.1) is 17.9 Å². The van der Waals surface area contributed by atoms with Gasteiger partial charge in [0.25, 0.3) is 0 Å². The Balaban J connectivity index is 1.64. The average molecular weight is 411 g/mol. The number of thiazole rings is 1. The lowest BCUT2D eigenvalue weighted by atomic mass is 9.88. The molecule has 0 bridgehead atoms. The van der Waals surface area contributed by atoms with E-state index >= 15 is 0 Å². The molecule has 1 aromatic rings. The Bertz CT molecular complexity index is 632. The number of carbonyl (C=O) groups is 2. The molecule has 1 heterocycles. The smallest absolute Gasteiger partial charge is 0.314 e. The molecular formula is C20H32N3O2S2+. The molecule has 3 rings (SSSR count). The molecule has 2 fully saturated rings. The van der Waals surface area contributed by atoms with Crippen molar-refractivity contribution in [2.24, 2.45) is 0 Å². The van der Waals surface area contributed by atoms with Gasteiger partial charge in [0.1, 0.15) is 0 Å². The summed E-state index contributed by atoms with van der Waals surface area (Å²) in [5.74, 6) is 0.647. The Morgan fingerprint density at radius 1 is 1.07 bits per heavy atom. The number of aryl methyl sites for hydroxylation is 1. The third-order valence-electron chi connectivity index (χ3n) is 5.77. The first-order chi connectivity index (χ1) is 13.0. The number of rotatable bonds is 7. The average Bonchev–Trinajstić information content (AvgIpc) is 3.01. The number of carbonyl (C=O) groups excluding carboxylic acids is 2. The van der Waals surface area contributed by atoms with Gasteiger partial charge >= 0.3 is 5.91 Å². The molecule has 0 aliphatic heterocycles. The molecule has 0 aromatic carbocycles. The fourth-order valence-corrected chi connectivity index (χ4v) is 6.56. The highest BCUT2D eigenvalue weighted by Gasteiger charge is 2.32. The SMILES string of the molecule is Cc1nc(SCC(=O)N(C2CCCCC2)C2CCCCC2)sc1CC([NH3+])=O. The molecule has 2 amide bonds. The summed E-state index contributed by atoms with van der Waals surface area (Å²) in [6.07, 6.45) is 12.6. The number of hydrogen-bond acceptors (Lipinski definition) is 5. The fraction of sp³-hybridized carbons (Fsp3) is 0.750. The van der Waals surface area contributed by atoms with Crippen LogP contribution in [0, 0.1) is 6.92 Å². The van der Waals surface area contributed by atoms with Crippen molar-refractivity contribution in [3.63, 3.8) is 0 Å². The molecule has 0 unspecified atom stereocenters. The number of quaternary nitrogens is 1. The standard InChI is InChI=1S/C20H31N3O2S2/c1-14-17(12-18(21)24)27-20(22-14)26-13-19(25)23(15-8-4-2-5-9-15)16-10-6-3-7-11-16/h15-16H,2-13H2,1H3,(H2,21,24)/p+1. The van der Waals surface area contributed by atoms with Crippen molar-refractivity contribution in [1.82, 2.24) is 9.88 Å². The molecule has 0 saturated heterocycles. The topological polar surface area (TPSA) is 77.9 Å². The van der Waals surface area contributed by atoms with Crippen LogP contribution in [0.4, 0.5) is 0 Å². The maximum Gasteiger partial charge on any atom is 0.314 e. The third kappa shape index (κ3) is 5.78. The number of nitrogens with zero attached hydrogens (tertiary/aromatic N) is 2. The predicted molar refractivity (Wildman–Crippen MR) is 110 cm³/mol. The minimum absolute atomic E-state index is 0.0878. The first-order valence-electron chi connectivity index (χ1n) is 10.3. The zero-order chi connectivity index (χ0) is 19.2. The highest BCUT2D eigenvalue weighted by molar-refractivity contribution is 8.01. The number of thioether (sulfide) groups is 1. The van der Waals surface area contributed by atoms with Crippen molar-refractivity contribution >= 4 is 34.9 Å². The molecule has 150 valence electrons. The summed E-state index contributed by atoms with van der Waals surface area (Å²) in [6, 6.07) is 0.875. The second kappa shape index (κ2) is 10.0. The lowest BCUT2D eigenvalue weighted by molar-refractivity contribution is -0.304. The summed E-state index contributed by atoms with van der Waals surface area (Å²) in [5, 5.41) is 0. The molecule has 2 aliphatic rings. The minimum Gasteiger partial charge on any atom is -0.336 e. The van der Waals surface area contributed by atoms with Crippen molar-refractivity contribution in [1.29, 1.82) is 0 Å². The van der Waals surface area contributed by atoms with E-state index < -0.39 is 0 Å². The largest absolute Gasteiger partial charge is 0.336 e. The lowest BCUT2D eigenvalue weighted by Gasteiger charge is -2.41. The number of amides is 2. The molecule has 0 atom stereocenters. The Morgan fingerprint density at radius 3 is 2.15 bits per heavy atom. The predicted octanol–water partition coefficient (Wildman–Crippen LogP) is 3.35. The fourth-order valence-electron chi connectivity index (χ4n) is 4.43. The molecule has 0 radical (unpaired) electrons. The van der Waals surface area contributed by atoms with Crippen molar-refractivity contribution < 1.29 is 15.3 Å². The van der Waals surface area contributed by atoms with Crippen molar-refractivity contribution in [2.75, 3.05) is 5.75 Å². The first-order valence-corrected chi connectivity index (χ1v) is 12.1. The van der Waals surface area contributed by atoms with Crippen LogP contribution in [0.25, 0.3) is 0 Å². The third-order valence-corrected chi connectivity index (χ3v) is 8.06. The van der Waals surface area contributed by atoms with E-state index in [1.807, 2.05) is 6.92 Å². The Kier molecular flexibility index (Phi) is 7.73. The molecule has 5 nitrogen and oxygen atoms in total. The lowest BCUT2D eigenvalue weighted by Crippen LogP contribution is -2.57. The van der Waals surface area contributed by atoms with Crippen molar-refractivity contribution in [2.45, 2.75) is 94.0 Å². The van der Waals surface area contributed by atoms with Crippen LogP contribution in [0.1, 0.15) is 74.8 Å². The number of aromatic nitrogens is 1. The molecule has 0 spiro atoms. The number of hydrogen-bond donors (Lipinski definition) is 1. The van der Waals surface area contributed by atoms with Gasteiger partial charge < -0.3 is 4.90 Å². The Hall–Kier alpha value is -0.920. The van der Waals surface area contributed by atoms with Crippen molar-refractivity contribution in [3.05, 3.63) is 10.6 Å². The zero-order valence-corrected chi connectivity index (χ0v) is 18.0. The second-order valence-corrected chi connectivity index (χ2v) is 10.2. The van der Waals surface area contributed by atoms with E-state index in [2.05, 4.69) is 15.6 Å². The van der Waals surface area contributed by atoms with E-state index in [9.17, 15) is 9.59 Å². The summed E-state index contributed by atoms with van der Waals surface area (Å²) in [5.41, 5.74) is 4.35. The molecule has 27 heavy (non-hydrogen) atoms. The highest BCUT2D eigenvalue weighted by atomic mass is 32.2. The summed E-state index contributed by atoms with van der Waals surface area (Å²) in [4.78, 5) is 32.3. The zero-order valence-electron chi connectivity index (χ0n) is 16.4. The van der Waals surface area contributed by atoms with E-state index in [4.69, 9.17) is 0 Å². The molecule has 3 N–H and O–H groups in total. The Morgan fingerprint density at radius 2 is 1.63 bits per heavy atom. The van der Waals surface area contributed by atoms with E-state index in [-0.39, 0.29) is 11.8 Å². The minimum atomic E-state index is -0.0878. The molecule has 7 heteroatoms. The molecular weight excluding hydrogens is 378 g/mol. The van der Waals surface area contributed by atoms with Crippen LogP contribution >= 0.6 is 23.1 Å². The van der Waals surface area contributed by atoms with Gasteiger partial charge in [0, 0.05) is 17.0 Å². The van der Waals surface area contributed by atoms with Gasteiger partial charge in [-0.1, -0.05) is 50.3 Å². The quantitative estimate of drug-likeness (QED) is 0.699. The maximum atomic E-state index is 13.2. The van der Waals surface area contributed by atoms with Gasteiger partial charge in [0.15, 0.2) is 4.34 Å². The van der Waals surface area contributed by atoms with Crippen LogP contribution in [-0.2, 0) is 16.0 Å². The summed E-state index contributed by atoms with van der Waals surface area (Å²) < 4.78 is 0.893. The van der Waals surface area contributed by atoms with Gasteiger partial charge in [-0.25, -0.2) is 9.78 Å².